The molecule has 1 aromatic rings. The number of rotatable bonds is 4. The molecule has 1 heterocycles. The topological polar surface area (TPSA) is 49.4 Å². The molecule has 4 nitrogen and oxygen atoms in total. The molecule has 0 bridgehead atoms. The van der Waals surface area contributed by atoms with E-state index >= 15 is 0 Å². The zero-order chi connectivity index (χ0) is 14.9. The fraction of sp³-hybridized carbons (Fsp3) is 0.467. The lowest BCUT2D eigenvalue weighted by atomic mass is 10.2. The Kier molecular flexibility index (Phi) is 4.33. The fourth-order valence-corrected chi connectivity index (χ4v) is 2.47. The summed E-state index contributed by atoms with van der Waals surface area (Å²) in [5.74, 6) is -0.263. The molecule has 1 saturated heterocycles. The van der Waals surface area contributed by atoms with E-state index in [4.69, 9.17) is 11.6 Å². The molecule has 2 atom stereocenters. The second-order valence-electron chi connectivity index (χ2n) is 5.22. The highest BCUT2D eigenvalue weighted by molar-refractivity contribution is 6.31. The van der Waals surface area contributed by atoms with Gasteiger partial charge in [0.05, 0.1) is 6.42 Å². The maximum absolute atomic E-state index is 12.3. The summed E-state index contributed by atoms with van der Waals surface area (Å²) in [4.78, 5) is 25.6. The first-order valence-corrected chi connectivity index (χ1v) is 7.20. The number of halogens is 1. The number of imide groups is 1. The van der Waals surface area contributed by atoms with Crippen molar-refractivity contribution in [1.29, 1.82) is 0 Å². The SMILES string of the molecule is CCC(C)N1C(=O)CC(Nc2ccc(C)c(Cl)c2)C1=O. The molecule has 108 valence electrons. The Bertz CT molecular complexity index is 545. The van der Waals surface area contributed by atoms with Gasteiger partial charge >= 0.3 is 0 Å². The van der Waals surface area contributed by atoms with Crippen molar-refractivity contribution >= 4 is 29.1 Å². The van der Waals surface area contributed by atoms with E-state index < -0.39 is 6.04 Å². The Morgan fingerprint density at radius 2 is 2.15 bits per heavy atom. The van der Waals surface area contributed by atoms with E-state index in [1.165, 1.54) is 4.90 Å². The van der Waals surface area contributed by atoms with Crippen LogP contribution in [0.3, 0.4) is 0 Å². The monoisotopic (exact) mass is 294 g/mol. The van der Waals surface area contributed by atoms with E-state index in [-0.39, 0.29) is 24.3 Å². The van der Waals surface area contributed by atoms with Gasteiger partial charge in [0.15, 0.2) is 0 Å². The first kappa shape index (κ1) is 14.9. The van der Waals surface area contributed by atoms with Gasteiger partial charge in [-0.3, -0.25) is 14.5 Å². The number of likely N-dealkylation sites (tertiary alicyclic amines) is 1. The molecule has 0 aliphatic carbocycles. The number of hydrogen-bond acceptors (Lipinski definition) is 3. The molecular formula is C15H19ClN2O2. The van der Waals surface area contributed by atoms with Crippen molar-refractivity contribution < 1.29 is 9.59 Å². The molecule has 0 spiro atoms. The molecule has 1 aromatic carbocycles. The van der Waals surface area contributed by atoms with Crippen LogP contribution in [0.15, 0.2) is 18.2 Å². The minimum absolute atomic E-state index is 0.0524. The summed E-state index contributed by atoms with van der Waals surface area (Å²) in [5.41, 5.74) is 1.74. The second kappa shape index (κ2) is 5.83. The van der Waals surface area contributed by atoms with Crippen LogP contribution in [-0.4, -0.2) is 28.8 Å². The summed E-state index contributed by atoms with van der Waals surface area (Å²) in [6.45, 7) is 5.77. The van der Waals surface area contributed by atoms with Crippen LogP contribution < -0.4 is 5.32 Å². The van der Waals surface area contributed by atoms with Crippen LogP contribution in [0.4, 0.5) is 5.69 Å². The van der Waals surface area contributed by atoms with Crippen LogP contribution in [-0.2, 0) is 9.59 Å². The molecule has 0 aromatic heterocycles. The third-order valence-corrected chi connectivity index (χ3v) is 4.13. The van der Waals surface area contributed by atoms with Crippen molar-refractivity contribution in [2.24, 2.45) is 0 Å². The number of carbonyl (C=O) groups is 2. The quantitative estimate of drug-likeness (QED) is 0.869. The predicted octanol–water partition coefficient (Wildman–Crippen LogP) is 2.99. The number of amides is 2. The van der Waals surface area contributed by atoms with E-state index in [2.05, 4.69) is 5.32 Å². The van der Waals surface area contributed by atoms with Gasteiger partial charge in [0.1, 0.15) is 6.04 Å². The van der Waals surface area contributed by atoms with Crippen LogP contribution in [0.1, 0.15) is 32.3 Å². The molecule has 1 aliphatic heterocycles. The Morgan fingerprint density at radius 3 is 2.75 bits per heavy atom. The molecule has 5 heteroatoms. The van der Waals surface area contributed by atoms with Crippen molar-refractivity contribution in [3.63, 3.8) is 0 Å². The highest BCUT2D eigenvalue weighted by Crippen LogP contribution is 2.24. The van der Waals surface area contributed by atoms with Gasteiger partial charge in [0, 0.05) is 16.8 Å². The zero-order valence-electron chi connectivity index (χ0n) is 11.9. The smallest absolute Gasteiger partial charge is 0.252 e. The highest BCUT2D eigenvalue weighted by Gasteiger charge is 2.40. The van der Waals surface area contributed by atoms with Crippen molar-refractivity contribution in [1.82, 2.24) is 4.90 Å². The van der Waals surface area contributed by atoms with Gasteiger partial charge in [-0.15, -0.1) is 0 Å². The van der Waals surface area contributed by atoms with Crippen molar-refractivity contribution in [3.05, 3.63) is 28.8 Å². The minimum atomic E-state index is -0.490. The summed E-state index contributed by atoms with van der Waals surface area (Å²) < 4.78 is 0. The van der Waals surface area contributed by atoms with Gasteiger partial charge in [0.25, 0.3) is 5.91 Å². The summed E-state index contributed by atoms with van der Waals surface area (Å²) in [5, 5.41) is 3.75. The summed E-state index contributed by atoms with van der Waals surface area (Å²) in [6, 6.07) is 4.99. The van der Waals surface area contributed by atoms with E-state index in [0.717, 1.165) is 17.7 Å². The van der Waals surface area contributed by atoms with Crippen LogP contribution in [0.25, 0.3) is 0 Å². The maximum Gasteiger partial charge on any atom is 0.252 e. The molecule has 0 radical (unpaired) electrons. The number of benzene rings is 1. The van der Waals surface area contributed by atoms with E-state index in [1.54, 1.807) is 6.07 Å². The first-order valence-electron chi connectivity index (χ1n) is 6.82. The number of nitrogens with zero attached hydrogens (tertiary/aromatic N) is 1. The van der Waals surface area contributed by atoms with E-state index in [0.29, 0.717) is 5.02 Å². The summed E-state index contributed by atoms with van der Waals surface area (Å²) >= 11 is 6.06. The third kappa shape index (κ3) is 2.80. The molecule has 2 rings (SSSR count). The van der Waals surface area contributed by atoms with Gasteiger partial charge in [-0.2, -0.15) is 0 Å². The number of hydrogen-bond donors (Lipinski definition) is 1. The lowest BCUT2D eigenvalue weighted by Crippen LogP contribution is -2.40. The van der Waals surface area contributed by atoms with E-state index in [1.807, 2.05) is 32.9 Å². The van der Waals surface area contributed by atoms with E-state index in [9.17, 15) is 9.59 Å². The van der Waals surface area contributed by atoms with Crippen LogP contribution in [0.5, 0.6) is 0 Å². The molecule has 1 aliphatic rings. The number of aryl methyl sites for hydroxylation is 1. The number of carbonyl (C=O) groups excluding carboxylic acids is 2. The van der Waals surface area contributed by atoms with Gasteiger partial charge in [-0.1, -0.05) is 24.6 Å². The molecule has 2 unspecified atom stereocenters. The molecule has 2 amide bonds. The molecule has 0 saturated carbocycles. The molecular weight excluding hydrogens is 276 g/mol. The van der Waals surface area contributed by atoms with Gasteiger partial charge in [0.2, 0.25) is 5.91 Å². The number of nitrogens with one attached hydrogen (secondary N) is 1. The normalized spacial score (nSPS) is 20.4. The first-order chi connectivity index (χ1) is 9.43. The largest absolute Gasteiger partial charge is 0.373 e. The maximum atomic E-state index is 12.3. The van der Waals surface area contributed by atoms with Gasteiger partial charge in [-0.05, 0) is 38.0 Å². The molecule has 1 N–H and O–H groups in total. The molecule has 1 fully saturated rings. The average molecular weight is 295 g/mol. The fourth-order valence-electron chi connectivity index (χ4n) is 2.29. The van der Waals surface area contributed by atoms with Crippen molar-refractivity contribution in [2.45, 2.75) is 45.7 Å². The predicted molar refractivity (Wildman–Crippen MR) is 79.8 cm³/mol. The minimum Gasteiger partial charge on any atom is -0.373 e. The third-order valence-electron chi connectivity index (χ3n) is 3.73. The van der Waals surface area contributed by atoms with Crippen LogP contribution in [0.2, 0.25) is 5.02 Å². The lowest BCUT2D eigenvalue weighted by molar-refractivity contribution is -0.140. The van der Waals surface area contributed by atoms with Gasteiger partial charge < -0.3 is 5.32 Å². The Labute approximate surface area is 124 Å². The van der Waals surface area contributed by atoms with Crippen LogP contribution in [0, 0.1) is 6.92 Å². The average Bonchev–Trinajstić information content (AvgIpc) is 2.68. The summed E-state index contributed by atoms with van der Waals surface area (Å²) in [6.07, 6.45) is 0.967. The van der Waals surface area contributed by atoms with Crippen molar-refractivity contribution in [3.8, 4) is 0 Å². The number of anilines is 1. The Balaban J connectivity index is 2.13. The Morgan fingerprint density at radius 1 is 1.45 bits per heavy atom. The zero-order valence-corrected chi connectivity index (χ0v) is 12.7. The van der Waals surface area contributed by atoms with Crippen molar-refractivity contribution in [2.75, 3.05) is 5.32 Å². The standard InChI is InChI=1S/C15H19ClN2O2/c1-4-10(3)18-14(19)8-13(15(18)20)17-11-6-5-9(2)12(16)7-11/h5-7,10,13,17H,4,8H2,1-3H3. The Hall–Kier alpha value is -1.55. The summed E-state index contributed by atoms with van der Waals surface area (Å²) in [7, 11) is 0. The van der Waals surface area contributed by atoms with Gasteiger partial charge in [-0.25, -0.2) is 0 Å². The molecule has 20 heavy (non-hydrogen) atoms. The second-order valence-corrected chi connectivity index (χ2v) is 5.63. The lowest BCUT2D eigenvalue weighted by Gasteiger charge is -2.22. The highest BCUT2D eigenvalue weighted by atomic mass is 35.5. The van der Waals surface area contributed by atoms with Crippen LogP contribution >= 0.6 is 11.6 Å².